The summed E-state index contributed by atoms with van der Waals surface area (Å²) in [5.74, 6) is -0.174. The zero-order valence-corrected chi connectivity index (χ0v) is 19.1. The summed E-state index contributed by atoms with van der Waals surface area (Å²) in [7, 11) is 0. The molecule has 0 bridgehead atoms. The molecule has 6 nitrogen and oxygen atoms in total. The number of nitrogens with zero attached hydrogens (tertiary/aromatic N) is 1. The molecule has 0 saturated heterocycles. The third-order valence-electron chi connectivity index (χ3n) is 5.58. The lowest BCUT2D eigenvalue weighted by molar-refractivity contribution is -0.143. The number of rotatable bonds is 10. The number of aromatic hydroxyl groups is 1. The first-order chi connectivity index (χ1) is 16.6. The van der Waals surface area contributed by atoms with Gasteiger partial charge in [0, 0.05) is 41.2 Å². The van der Waals surface area contributed by atoms with Crippen LogP contribution < -0.4 is 4.74 Å². The van der Waals surface area contributed by atoms with Gasteiger partial charge < -0.3 is 19.1 Å². The fourth-order valence-electron chi connectivity index (χ4n) is 3.91. The number of aryl methyl sites for hydroxylation is 1. The number of para-hydroxylation sites is 1. The van der Waals surface area contributed by atoms with E-state index in [0.29, 0.717) is 49.5 Å². The second-order valence-electron chi connectivity index (χ2n) is 7.95. The van der Waals surface area contributed by atoms with Gasteiger partial charge in [-0.05, 0) is 43.2 Å². The van der Waals surface area contributed by atoms with Crippen molar-refractivity contribution in [2.24, 2.45) is 0 Å². The first-order valence-corrected chi connectivity index (χ1v) is 11.3. The third-order valence-corrected chi connectivity index (χ3v) is 5.58. The molecule has 0 radical (unpaired) electrons. The Balaban J connectivity index is 1.52. The van der Waals surface area contributed by atoms with Crippen LogP contribution in [0, 0.1) is 0 Å². The van der Waals surface area contributed by atoms with Crippen LogP contribution in [0.25, 0.3) is 10.9 Å². The molecule has 34 heavy (non-hydrogen) atoms. The van der Waals surface area contributed by atoms with E-state index in [0.717, 1.165) is 16.5 Å². The Bertz CT molecular complexity index is 1290. The van der Waals surface area contributed by atoms with E-state index in [1.54, 1.807) is 19.1 Å². The van der Waals surface area contributed by atoms with Crippen LogP contribution in [0.15, 0.2) is 79.0 Å². The number of hydrogen-bond donors (Lipinski definition) is 1. The van der Waals surface area contributed by atoms with Crippen LogP contribution >= 0.6 is 0 Å². The van der Waals surface area contributed by atoms with Crippen molar-refractivity contribution in [1.29, 1.82) is 0 Å². The summed E-state index contributed by atoms with van der Waals surface area (Å²) in [4.78, 5) is 25.0. The van der Waals surface area contributed by atoms with Crippen LogP contribution in [0.2, 0.25) is 0 Å². The highest BCUT2D eigenvalue weighted by Crippen LogP contribution is 2.30. The maximum atomic E-state index is 13.3. The van der Waals surface area contributed by atoms with E-state index in [1.807, 2.05) is 65.4 Å². The number of fused-ring (bicyclic) bond motifs is 1. The summed E-state index contributed by atoms with van der Waals surface area (Å²) in [6.07, 6.45) is 2.75. The molecule has 0 spiro atoms. The number of ether oxygens (including phenoxy) is 2. The molecule has 0 aliphatic carbocycles. The van der Waals surface area contributed by atoms with Crippen LogP contribution in [0.4, 0.5) is 0 Å². The first kappa shape index (κ1) is 23.1. The average Bonchev–Trinajstić information content (AvgIpc) is 3.22. The molecule has 0 aliphatic heterocycles. The average molecular weight is 458 g/mol. The number of hydrogen-bond acceptors (Lipinski definition) is 5. The standard InChI is InChI=1S/C28H27NO5/c1-2-33-27(31)13-8-16-29-18-23(22-11-6-7-12-24(22)29)28(32)21-14-15-26(25(30)17-21)34-19-20-9-4-3-5-10-20/h3-7,9-12,14-15,17-18,30H,2,8,13,16,19H2,1H3. The maximum Gasteiger partial charge on any atom is 0.305 e. The van der Waals surface area contributed by atoms with Gasteiger partial charge in [0.1, 0.15) is 6.61 Å². The Morgan fingerprint density at radius 3 is 2.50 bits per heavy atom. The number of carbonyl (C=O) groups is 2. The van der Waals surface area contributed by atoms with Gasteiger partial charge in [-0.2, -0.15) is 0 Å². The second-order valence-corrected chi connectivity index (χ2v) is 7.95. The normalized spacial score (nSPS) is 10.9. The van der Waals surface area contributed by atoms with Gasteiger partial charge in [0.2, 0.25) is 0 Å². The Kier molecular flexibility index (Phi) is 7.28. The van der Waals surface area contributed by atoms with Gasteiger partial charge in [0.05, 0.1) is 6.61 Å². The van der Waals surface area contributed by atoms with E-state index in [-0.39, 0.29) is 17.5 Å². The predicted octanol–water partition coefficient (Wildman–Crippen LogP) is 5.50. The molecule has 0 aliphatic rings. The number of ketones is 1. The lowest BCUT2D eigenvalue weighted by atomic mass is 10.0. The lowest BCUT2D eigenvalue weighted by Gasteiger charge is -2.09. The molecular weight excluding hydrogens is 430 g/mol. The van der Waals surface area contributed by atoms with Gasteiger partial charge in [-0.3, -0.25) is 9.59 Å². The summed E-state index contributed by atoms with van der Waals surface area (Å²) in [5.41, 5.74) is 2.82. The van der Waals surface area contributed by atoms with Gasteiger partial charge in [0.25, 0.3) is 0 Å². The van der Waals surface area contributed by atoms with Crippen LogP contribution in [0.5, 0.6) is 11.5 Å². The fourth-order valence-corrected chi connectivity index (χ4v) is 3.91. The summed E-state index contributed by atoms with van der Waals surface area (Å²) in [5, 5.41) is 11.3. The number of aromatic nitrogens is 1. The predicted molar refractivity (Wildman–Crippen MR) is 130 cm³/mol. The summed E-state index contributed by atoms with van der Waals surface area (Å²) >= 11 is 0. The Labute approximate surface area is 198 Å². The van der Waals surface area contributed by atoms with E-state index >= 15 is 0 Å². The second kappa shape index (κ2) is 10.7. The largest absolute Gasteiger partial charge is 0.504 e. The molecule has 0 fully saturated rings. The van der Waals surface area contributed by atoms with Crippen molar-refractivity contribution < 1.29 is 24.2 Å². The molecule has 174 valence electrons. The highest BCUT2D eigenvalue weighted by molar-refractivity contribution is 6.16. The Morgan fingerprint density at radius 2 is 1.74 bits per heavy atom. The minimum Gasteiger partial charge on any atom is -0.504 e. The van der Waals surface area contributed by atoms with E-state index in [9.17, 15) is 14.7 Å². The summed E-state index contributed by atoms with van der Waals surface area (Å²) in [6.45, 7) is 3.06. The van der Waals surface area contributed by atoms with Crippen molar-refractivity contribution in [3.63, 3.8) is 0 Å². The van der Waals surface area contributed by atoms with Crippen LogP contribution in [0.1, 0.15) is 41.3 Å². The molecule has 0 unspecified atom stereocenters. The van der Waals surface area contributed by atoms with Crippen molar-refractivity contribution in [2.75, 3.05) is 6.61 Å². The molecule has 0 amide bonds. The smallest absolute Gasteiger partial charge is 0.305 e. The van der Waals surface area contributed by atoms with Gasteiger partial charge in [0.15, 0.2) is 17.3 Å². The van der Waals surface area contributed by atoms with Crippen molar-refractivity contribution in [2.45, 2.75) is 32.9 Å². The number of phenolic OH excluding ortho intramolecular Hbond substituents is 1. The van der Waals surface area contributed by atoms with Crippen molar-refractivity contribution in [3.05, 3.63) is 95.7 Å². The van der Waals surface area contributed by atoms with Crippen LogP contribution in [-0.2, 0) is 22.7 Å². The third kappa shape index (κ3) is 5.29. The zero-order chi connectivity index (χ0) is 23.9. The molecular formula is C28H27NO5. The molecule has 1 heterocycles. The molecule has 1 N–H and O–H groups in total. The quantitative estimate of drug-likeness (QED) is 0.251. The summed E-state index contributed by atoms with van der Waals surface area (Å²) in [6, 6.07) is 22.0. The SMILES string of the molecule is CCOC(=O)CCCn1cc(C(=O)c2ccc(OCc3ccccc3)c(O)c2)c2ccccc21. The molecule has 0 saturated carbocycles. The minimum absolute atomic E-state index is 0.0834. The zero-order valence-electron chi connectivity index (χ0n) is 19.1. The van der Waals surface area contributed by atoms with E-state index in [4.69, 9.17) is 9.47 Å². The van der Waals surface area contributed by atoms with Crippen LogP contribution in [0.3, 0.4) is 0 Å². The van der Waals surface area contributed by atoms with Crippen molar-refractivity contribution >= 4 is 22.7 Å². The topological polar surface area (TPSA) is 77.8 Å². The van der Waals surface area contributed by atoms with E-state index in [2.05, 4.69) is 0 Å². The summed E-state index contributed by atoms with van der Waals surface area (Å²) < 4.78 is 12.7. The van der Waals surface area contributed by atoms with Crippen molar-refractivity contribution in [1.82, 2.24) is 4.57 Å². The highest BCUT2D eigenvalue weighted by Gasteiger charge is 2.18. The van der Waals surface area contributed by atoms with Crippen molar-refractivity contribution in [3.8, 4) is 11.5 Å². The van der Waals surface area contributed by atoms with Gasteiger partial charge in [-0.25, -0.2) is 0 Å². The number of benzene rings is 3. The molecule has 1 aromatic heterocycles. The Hall–Kier alpha value is -4.06. The highest BCUT2D eigenvalue weighted by atomic mass is 16.5. The number of phenols is 1. The van der Waals surface area contributed by atoms with Crippen LogP contribution in [-0.4, -0.2) is 28.0 Å². The molecule has 3 aromatic carbocycles. The maximum absolute atomic E-state index is 13.3. The fraction of sp³-hybridized carbons (Fsp3) is 0.214. The Morgan fingerprint density at radius 1 is 0.971 bits per heavy atom. The molecule has 0 atom stereocenters. The number of esters is 1. The van der Waals surface area contributed by atoms with Gasteiger partial charge in [-0.15, -0.1) is 0 Å². The monoisotopic (exact) mass is 457 g/mol. The van der Waals surface area contributed by atoms with Gasteiger partial charge in [-0.1, -0.05) is 48.5 Å². The van der Waals surface area contributed by atoms with E-state index < -0.39 is 0 Å². The first-order valence-electron chi connectivity index (χ1n) is 11.3. The lowest BCUT2D eigenvalue weighted by Crippen LogP contribution is -2.06. The number of carbonyl (C=O) groups excluding carboxylic acids is 2. The molecule has 4 aromatic rings. The van der Waals surface area contributed by atoms with Gasteiger partial charge >= 0.3 is 5.97 Å². The molecule has 4 rings (SSSR count). The van der Waals surface area contributed by atoms with E-state index in [1.165, 1.54) is 6.07 Å². The minimum atomic E-state index is -0.222. The molecule has 6 heteroatoms.